The van der Waals surface area contributed by atoms with Gasteiger partial charge in [-0.25, -0.2) is 0 Å². The van der Waals surface area contributed by atoms with Crippen LogP contribution in [0.5, 0.6) is 0 Å². The molecule has 1 aliphatic rings. The average Bonchev–Trinajstić information content (AvgIpc) is 2.03. The van der Waals surface area contributed by atoms with Crippen molar-refractivity contribution in [3.8, 4) is 17.9 Å². The molecule has 0 saturated heterocycles. The summed E-state index contributed by atoms with van der Waals surface area (Å²) in [7, 11) is 0. The molecular weight excluding hydrogens is 122 g/mol. The Morgan fingerprint density at radius 1 is 1.40 bits per heavy atom. The van der Waals surface area contributed by atoms with Crippen molar-refractivity contribution in [1.29, 1.82) is 5.26 Å². The van der Waals surface area contributed by atoms with Gasteiger partial charge in [-0.3, -0.25) is 0 Å². The predicted octanol–water partition coefficient (Wildman–Crippen LogP) is 2.01. The quantitative estimate of drug-likeness (QED) is 0.461. The summed E-state index contributed by atoms with van der Waals surface area (Å²) in [4.78, 5) is 0. The van der Waals surface area contributed by atoms with Crippen molar-refractivity contribution in [2.75, 3.05) is 0 Å². The zero-order chi connectivity index (χ0) is 7.23. The van der Waals surface area contributed by atoms with Crippen molar-refractivity contribution in [3.05, 3.63) is 11.6 Å². The number of hydrogen-bond donors (Lipinski definition) is 0. The summed E-state index contributed by atoms with van der Waals surface area (Å²) in [6.07, 6.45) is 6.83. The van der Waals surface area contributed by atoms with E-state index in [0.717, 1.165) is 18.4 Å². The first-order valence-corrected chi connectivity index (χ1v) is 3.52. The van der Waals surface area contributed by atoms with Gasteiger partial charge in [0.25, 0.3) is 0 Å². The molecule has 10 heavy (non-hydrogen) atoms. The van der Waals surface area contributed by atoms with Gasteiger partial charge in [0.1, 0.15) is 0 Å². The number of rotatable bonds is 0. The van der Waals surface area contributed by atoms with Crippen molar-refractivity contribution < 1.29 is 0 Å². The molecule has 0 aromatic carbocycles. The molecule has 50 valence electrons. The average molecular weight is 131 g/mol. The molecule has 0 heterocycles. The lowest BCUT2D eigenvalue weighted by molar-refractivity contribution is 0.715. The Kier molecular flexibility index (Phi) is 2.59. The molecule has 1 nitrogen and oxygen atoms in total. The molecule has 0 radical (unpaired) electrons. The zero-order valence-corrected chi connectivity index (χ0v) is 5.85. The van der Waals surface area contributed by atoms with Crippen LogP contribution in [0, 0.1) is 23.2 Å². The molecule has 0 aromatic heterocycles. The van der Waals surface area contributed by atoms with Crippen LogP contribution >= 0.6 is 0 Å². The molecule has 1 heteroatoms. The fraction of sp³-hybridized carbons (Fsp3) is 0.444. The van der Waals surface area contributed by atoms with Gasteiger partial charge in [-0.2, -0.15) is 5.26 Å². The fourth-order valence-corrected chi connectivity index (χ4v) is 1.06. The molecule has 0 fully saturated rings. The minimum absolute atomic E-state index is 1.06. The molecule has 1 rings (SSSR count). The summed E-state index contributed by atoms with van der Waals surface area (Å²) in [5.74, 6) is 5.23. The van der Waals surface area contributed by atoms with Crippen LogP contribution in [0.3, 0.4) is 0 Å². The summed E-state index contributed by atoms with van der Waals surface area (Å²) in [5, 5.41) is 8.15. The van der Waals surface area contributed by atoms with Crippen LogP contribution in [0.2, 0.25) is 0 Å². The largest absolute Gasteiger partial charge is 0.183 e. The molecule has 0 amide bonds. The maximum atomic E-state index is 8.15. The summed E-state index contributed by atoms with van der Waals surface area (Å²) in [6, 6.07) is 1.81. The standard InChI is InChI=1S/C9H9N/c10-8-4-7-9-5-2-1-3-6-9/h5H,1-3,6H2. The van der Waals surface area contributed by atoms with Crippen LogP contribution in [0.1, 0.15) is 25.7 Å². The van der Waals surface area contributed by atoms with Gasteiger partial charge in [-0.15, -0.1) is 0 Å². The Bertz CT molecular complexity index is 232. The highest BCUT2D eigenvalue weighted by molar-refractivity contribution is 5.34. The fourth-order valence-electron chi connectivity index (χ4n) is 1.06. The zero-order valence-electron chi connectivity index (χ0n) is 5.85. The van der Waals surface area contributed by atoms with Crippen LogP contribution < -0.4 is 0 Å². The molecule has 0 saturated carbocycles. The van der Waals surface area contributed by atoms with Crippen molar-refractivity contribution in [1.82, 2.24) is 0 Å². The Labute approximate surface area is 61.4 Å². The Morgan fingerprint density at radius 2 is 2.30 bits per heavy atom. The molecule has 0 atom stereocenters. The van der Waals surface area contributed by atoms with Crippen molar-refractivity contribution in [2.24, 2.45) is 0 Å². The van der Waals surface area contributed by atoms with E-state index in [9.17, 15) is 0 Å². The molecule has 0 unspecified atom stereocenters. The van der Waals surface area contributed by atoms with E-state index < -0.39 is 0 Å². The van der Waals surface area contributed by atoms with Gasteiger partial charge < -0.3 is 0 Å². The summed E-state index contributed by atoms with van der Waals surface area (Å²) in [5.41, 5.74) is 1.15. The van der Waals surface area contributed by atoms with E-state index in [1.54, 1.807) is 0 Å². The molecule has 0 spiro atoms. The monoisotopic (exact) mass is 131 g/mol. The first kappa shape index (κ1) is 6.90. The van der Waals surface area contributed by atoms with E-state index in [1.165, 1.54) is 12.8 Å². The number of hydrogen-bond acceptors (Lipinski definition) is 1. The van der Waals surface area contributed by atoms with Crippen LogP contribution in [-0.2, 0) is 0 Å². The molecule has 0 aliphatic heterocycles. The Hall–Kier alpha value is -1.21. The molecule has 1 aliphatic carbocycles. The van der Waals surface area contributed by atoms with Crippen LogP contribution in [0.15, 0.2) is 11.6 Å². The van der Waals surface area contributed by atoms with Gasteiger partial charge in [0, 0.05) is 5.92 Å². The van der Waals surface area contributed by atoms with Crippen LogP contribution in [0.4, 0.5) is 0 Å². The summed E-state index contributed by atoms with van der Waals surface area (Å²) >= 11 is 0. The van der Waals surface area contributed by atoms with E-state index in [4.69, 9.17) is 5.26 Å². The second-order valence-electron chi connectivity index (χ2n) is 2.34. The van der Waals surface area contributed by atoms with Gasteiger partial charge in [-0.05, 0) is 31.3 Å². The summed E-state index contributed by atoms with van der Waals surface area (Å²) < 4.78 is 0. The summed E-state index contributed by atoms with van der Waals surface area (Å²) in [6.45, 7) is 0. The SMILES string of the molecule is N#CC#CC1=CCCCC1. The van der Waals surface area contributed by atoms with Crippen molar-refractivity contribution in [3.63, 3.8) is 0 Å². The topological polar surface area (TPSA) is 23.8 Å². The van der Waals surface area contributed by atoms with Gasteiger partial charge in [0.15, 0.2) is 6.07 Å². The predicted molar refractivity (Wildman–Crippen MR) is 39.9 cm³/mol. The first-order chi connectivity index (χ1) is 4.93. The highest BCUT2D eigenvalue weighted by Gasteiger charge is 1.98. The second-order valence-corrected chi connectivity index (χ2v) is 2.34. The Balaban J connectivity index is 2.56. The third-order valence-electron chi connectivity index (χ3n) is 1.57. The van der Waals surface area contributed by atoms with Gasteiger partial charge in [0.05, 0.1) is 0 Å². The molecule has 0 bridgehead atoms. The third kappa shape index (κ3) is 1.96. The van der Waals surface area contributed by atoms with Gasteiger partial charge in [0.2, 0.25) is 0 Å². The Morgan fingerprint density at radius 3 is 2.90 bits per heavy atom. The molecule has 0 aromatic rings. The van der Waals surface area contributed by atoms with E-state index >= 15 is 0 Å². The first-order valence-electron chi connectivity index (χ1n) is 3.52. The lowest BCUT2D eigenvalue weighted by Crippen LogP contribution is -1.87. The molecular formula is C9H9N. The number of nitriles is 1. The minimum Gasteiger partial charge on any atom is -0.183 e. The minimum atomic E-state index is 1.06. The van der Waals surface area contributed by atoms with Gasteiger partial charge in [-0.1, -0.05) is 12.0 Å². The lowest BCUT2D eigenvalue weighted by Gasteiger charge is -2.04. The highest BCUT2D eigenvalue weighted by atomic mass is 14.2. The van der Waals surface area contributed by atoms with Crippen LogP contribution in [-0.4, -0.2) is 0 Å². The third-order valence-corrected chi connectivity index (χ3v) is 1.57. The number of nitrogens with zero attached hydrogens (tertiary/aromatic N) is 1. The normalized spacial score (nSPS) is 16.1. The van der Waals surface area contributed by atoms with E-state index in [0.29, 0.717) is 0 Å². The van der Waals surface area contributed by atoms with Crippen molar-refractivity contribution in [2.45, 2.75) is 25.7 Å². The maximum Gasteiger partial charge on any atom is 0.152 e. The van der Waals surface area contributed by atoms with E-state index in [1.807, 2.05) is 6.07 Å². The van der Waals surface area contributed by atoms with E-state index in [2.05, 4.69) is 17.9 Å². The molecule has 0 N–H and O–H groups in total. The lowest BCUT2D eigenvalue weighted by atomic mass is 10.0. The van der Waals surface area contributed by atoms with Crippen molar-refractivity contribution >= 4 is 0 Å². The highest BCUT2D eigenvalue weighted by Crippen LogP contribution is 2.15. The van der Waals surface area contributed by atoms with E-state index in [-0.39, 0.29) is 0 Å². The van der Waals surface area contributed by atoms with Gasteiger partial charge >= 0.3 is 0 Å². The van der Waals surface area contributed by atoms with Crippen LogP contribution in [0.25, 0.3) is 0 Å². The number of allylic oxidation sites excluding steroid dienone is 2. The second kappa shape index (κ2) is 3.75. The smallest absolute Gasteiger partial charge is 0.152 e. The maximum absolute atomic E-state index is 8.15.